The van der Waals surface area contributed by atoms with Crippen molar-refractivity contribution in [2.24, 2.45) is 0 Å². The van der Waals surface area contributed by atoms with Crippen LogP contribution in [0.3, 0.4) is 0 Å². The standard InChI is InChI=1S/C6H12F2IN/c1-10(4-2-3-9)5-6(7)8/h6H,2-5H2,1H3. The van der Waals surface area contributed by atoms with E-state index in [1.165, 1.54) is 0 Å². The zero-order chi connectivity index (χ0) is 7.98. The van der Waals surface area contributed by atoms with Crippen LogP contribution in [0.2, 0.25) is 0 Å². The summed E-state index contributed by atoms with van der Waals surface area (Å²) in [5.41, 5.74) is 0. The van der Waals surface area contributed by atoms with Gasteiger partial charge >= 0.3 is 0 Å². The third-order valence-electron chi connectivity index (χ3n) is 1.12. The molecule has 62 valence electrons. The molecule has 0 aromatic carbocycles. The molecule has 0 aromatic rings. The Labute approximate surface area is 73.9 Å². The van der Waals surface area contributed by atoms with Crippen LogP contribution in [-0.2, 0) is 0 Å². The van der Waals surface area contributed by atoms with E-state index in [0.29, 0.717) is 0 Å². The van der Waals surface area contributed by atoms with Gasteiger partial charge in [-0.2, -0.15) is 0 Å². The van der Waals surface area contributed by atoms with Gasteiger partial charge < -0.3 is 4.90 Å². The minimum Gasteiger partial charge on any atom is -0.301 e. The predicted molar refractivity (Wildman–Crippen MR) is 47.0 cm³/mol. The second-order valence-corrected chi connectivity index (χ2v) is 3.27. The summed E-state index contributed by atoms with van der Waals surface area (Å²) in [5.74, 6) is 0. The average Bonchev–Trinajstić information content (AvgIpc) is 1.82. The van der Waals surface area contributed by atoms with E-state index in [1.54, 1.807) is 11.9 Å². The molecule has 0 bridgehead atoms. The van der Waals surface area contributed by atoms with Gasteiger partial charge in [0, 0.05) is 4.43 Å². The molecular weight excluding hydrogens is 251 g/mol. The smallest absolute Gasteiger partial charge is 0.251 e. The maximum absolute atomic E-state index is 11.7. The number of hydrogen-bond acceptors (Lipinski definition) is 1. The maximum atomic E-state index is 11.7. The van der Waals surface area contributed by atoms with Crippen molar-refractivity contribution in [1.29, 1.82) is 0 Å². The van der Waals surface area contributed by atoms with Crippen molar-refractivity contribution in [1.82, 2.24) is 4.90 Å². The molecule has 4 heteroatoms. The molecule has 0 aliphatic rings. The Balaban J connectivity index is 3.16. The van der Waals surface area contributed by atoms with Crippen LogP contribution >= 0.6 is 22.6 Å². The highest BCUT2D eigenvalue weighted by atomic mass is 127. The summed E-state index contributed by atoms with van der Waals surface area (Å²) < 4.78 is 24.4. The Morgan fingerprint density at radius 3 is 2.50 bits per heavy atom. The number of rotatable bonds is 5. The molecule has 0 spiro atoms. The third-order valence-corrected chi connectivity index (χ3v) is 1.89. The second kappa shape index (κ2) is 6.27. The number of halogens is 3. The molecule has 0 radical (unpaired) electrons. The van der Waals surface area contributed by atoms with Crippen LogP contribution in [-0.4, -0.2) is 35.9 Å². The fourth-order valence-electron chi connectivity index (χ4n) is 0.657. The number of alkyl halides is 3. The summed E-state index contributed by atoms with van der Waals surface area (Å²) >= 11 is 2.24. The Morgan fingerprint density at radius 1 is 1.50 bits per heavy atom. The first-order valence-electron chi connectivity index (χ1n) is 3.19. The molecule has 0 aromatic heterocycles. The van der Waals surface area contributed by atoms with Crippen molar-refractivity contribution < 1.29 is 8.78 Å². The Morgan fingerprint density at radius 2 is 2.10 bits per heavy atom. The van der Waals surface area contributed by atoms with Gasteiger partial charge in [-0.25, -0.2) is 8.78 Å². The molecule has 0 aliphatic heterocycles. The van der Waals surface area contributed by atoms with Crippen LogP contribution in [0, 0.1) is 0 Å². The lowest BCUT2D eigenvalue weighted by Gasteiger charge is -2.14. The van der Waals surface area contributed by atoms with Gasteiger partial charge in [-0.3, -0.25) is 0 Å². The molecule has 10 heavy (non-hydrogen) atoms. The zero-order valence-electron chi connectivity index (χ0n) is 5.99. The van der Waals surface area contributed by atoms with Crippen molar-refractivity contribution >= 4 is 22.6 Å². The fraction of sp³-hybridized carbons (Fsp3) is 1.00. The van der Waals surface area contributed by atoms with Gasteiger partial charge in [0.2, 0.25) is 0 Å². The molecule has 0 rings (SSSR count). The van der Waals surface area contributed by atoms with E-state index in [9.17, 15) is 8.78 Å². The minimum absolute atomic E-state index is 0.101. The summed E-state index contributed by atoms with van der Waals surface area (Å²) in [5, 5.41) is 0. The van der Waals surface area contributed by atoms with Crippen LogP contribution in [0.1, 0.15) is 6.42 Å². The highest BCUT2D eigenvalue weighted by Crippen LogP contribution is 1.97. The number of nitrogens with zero attached hydrogens (tertiary/aromatic N) is 1. The van der Waals surface area contributed by atoms with Gasteiger partial charge in [0.25, 0.3) is 6.43 Å². The van der Waals surface area contributed by atoms with Crippen LogP contribution in [0.15, 0.2) is 0 Å². The highest BCUT2D eigenvalue weighted by molar-refractivity contribution is 14.1. The molecule has 0 unspecified atom stereocenters. The molecular formula is C6H12F2IN. The quantitative estimate of drug-likeness (QED) is 0.541. The molecule has 0 atom stereocenters. The van der Waals surface area contributed by atoms with E-state index in [1.807, 2.05) is 0 Å². The number of hydrogen-bond donors (Lipinski definition) is 0. The first kappa shape index (κ1) is 10.6. The van der Waals surface area contributed by atoms with Gasteiger partial charge in [-0.05, 0) is 20.0 Å². The van der Waals surface area contributed by atoms with Crippen molar-refractivity contribution in [2.75, 3.05) is 24.6 Å². The Bertz CT molecular complexity index is 80.1. The highest BCUT2D eigenvalue weighted by Gasteiger charge is 2.05. The summed E-state index contributed by atoms with van der Waals surface area (Å²) in [7, 11) is 1.72. The summed E-state index contributed by atoms with van der Waals surface area (Å²) in [6.45, 7) is 0.671. The molecule has 0 fully saturated rings. The summed E-state index contributed by atoms with van der Waals surface area (Å²) in [4.78, 5) is 1.66. The van der Waals surface area contributed by atoms with Gasteiger partial charge in [0.15, 0.2) is 0 Å². The van der Waals surface area contributed by atoms with Crippen LogP contribution < -0.4 is 0 Å². The van der Waals surface area contributed by atoms with E-state index < -0.39 is 6.43 Å². The molecule has 0 amide bonds. The lowest BCUT2D eigenvalue weighted by molar-refractivity contribution is 0.101. The molecule has 0 aliphatic carbocycles. The normalized spacial score (nSPS) is 11.4. The largest absolute Gasteiger partial charge is 0.301 e. The van der Waals surface area contributed by atoms with Gasteiger partial charge in [-0.1, -0.05) is 22.6 Å². The Kier molecular flexibility index (Phi) is 6.62. The van der Waals surface area contributed by atoms with Crippen LogP contribution in [0.25, 0.3) is 0 Å². The van der Waals surface area contributed by atoms with Gasteiger partial charge in [-0.15, -0.1) is 0 Å². The van der Waals surface area contributed by atoms with Crippen molar-refractivity contribution in [3.8, 4) is 0 Å². The van der Waals surface area contributed by atoms with E-state index >= 15 is 0 Å². The minimum atomic E-state index is -2.20. The monoisotopic (exact) mass is 263 g/mol. The summed E-state index contributed by atoms with van der Waals surface area (Å²) in [6, 6.07) is 0. The van der Waals surface area contributed by atoms with E-state index in [-0.39, 0.29) is 6.54 Å². The van der Waals surface area contributed by atoms with Crippen LogP contribution in [0.5, 0.6) is 0 Å². The fourth-order valence-corrected chi connectivity index (χ4v) is 0.998. The molecule has 0 N–H and O–H groups in total. The summed E-state index contributed by atoms with van der Waals surface area (Å²) in [6.07, 6.45) is -1.21. The zero-order valence-corrected chi connectivity index (χ0v) is 8.14. The third kappa shape index (κ3) is 6.67. The van der Waals surface area contributed by atoms with Crippen LogP contribution in [0.4, 0.5) is 8.78 Å². The molecule has 1 nitrogen and oxygen atoms in total. The van der Waals surface area contributed by atoms with E-state index in [0.717, 1.165) is 17.4 Å². The van der Waals surface area contributed by atoms with E-state index in [4.69, 9.17) is 0 Å². The average molecular weight is 263 g/mol. The lowest BCUT2D eigenvalue weighted by atomic mass is 10.4. The van der Waals surface area contributed by atoms with Crippen molar-refractivity contribution in [2.45, 2.75) is 12.8 Å². The molecule has 0 saturated carbocycles. The first-order valence-corrected chi connectivity index (χ1v) is 4.72. The first-order chi connectivity index (χ1) is 4.66. The second-order valence-electron chi connectivity index (χ2n) is 2.20. The van der Waals surface area contributed by atoms with Crippen molar-refractivity contribution in [3.05, 3.63) is 0 Å². The maximum Gasteiger partial charge on any atom is 0.251 e. The molecule has 0 saturated heterocycles. The van der Waals surface area contributed by atoms with E-state index in [2.05, 4.69) is 22.6 Å². The van der Waals surface area contributed by atoms with Gasteiger partial charge in [0.05, 0.1) is 6.54 Å². The predicted octanol–water partition coefficient (Wildman–Crippen LogP) is 2.01. The lowest BCUT2D eigenvalue weighted by Crippen LogP contribution is -2.25. The topological polar surface area (TPSA) is 3.24 Å². The SMILES string of the molecule is CN(CCCI)CC(F)F. The Hall–Kier alpha value is 0.550. The van der Waals surface area contributed by atoms with Gasteiger partial charge in [0.1, 0.15) is 0 Å². The van der Waals surface area contributed by atoms with Crippen molar-refractivity contribution in [3.63, 3.8) is 0 Å². The molecule has 0 heterocycles.